The Morgan fingerprint density at radius 2 is 2.38 bits per heavy atom. The summed E-state index contributed by atoms with van der Waals surface area (Å²) in [6, 6.07) is 0. The highest BCUT2D eigenvalue weighted by molar-refractivity contribution is 5.92. The average molecular weight is 180 g/mol. The lowest BCUT2D eigenvalue weighted by Gasteiger charge is -1.96. The molecule has 1 heterocycles. The van der Waals surface area contributed by atoms with Crippen LogP contribution in [0.25, 0.3) is 6.08 Å². The Hall–Kier alpha value is -1.58. The fraction of sp³-hybridized carbons (Fsp3) is 0.333. The Morgan fingerprint density at radius 3 is 2.85 bits per heavy atom. The Balaban J connectivity index is 2.82. The van der Waals surface area contributed by atoms with Gasteiger partial charge in [-0.15, -0.1) is 0 Å². The highest BCUT2D eigenvalue weighted by Gasteiger charge is 2.02. The molecule has 0 spiro atoms. The highest BCUT2D eigenvalue weighted by Crippen LogP contribution is 2.05. The Labute approximate surface area is 76.8 Å². The second kappa shape index (κ2) is 3.89. The molecule has 1 aromatic heterocycles. The van der Waals surface area contributed by atoms with E-state index in [-0.39, 0.29) is 5.97 Å². The monoisotopic (exact) mass is 180 g/mol. The zero-order valence-electron chi connectivity index (χ0n) is 7.94. The third kappa shape index (κ3) is 2.43. The molecule has 0 radical (unpaired) electrons. The van der Waals surface area contributed by atoms with Crippen LogP contribution in [0.1, 0.15) is 12.5 Å². The molecule has 0 saturated heterocycles. The molecule has 13 heavy (non-hydrogen) atoms. The summed E-state index contributed by atoms with van der Waals surface area (Å²) in [5.74, 6) is -0.316. The highest BCUT2D eigenvalue weighted by atomic mass is 16.5. The van der Waals surface area contributed by atoms with Crippen LogP contribution in [0.15, 0.2) is 18.0 Å². The van der Waals surface area contributed by atoms with E-state index in [0.29, 0.717) is 5.57 Å². The molecule has 4 nitrogen and oxygen atoms in total. The van der Waals surface area contributed by atoms with Crippen LogP contribution < -0.4 is 0 Å². The summed E-state index contributed by atoms with van der Waals surface area (Å²) in [5, 5.41) is 3.97. The first kappa shape index (κ1) is 9.51. The van der Waals surface area contributed by atoms with Gasteiger partial charge in [-0.1, -0.05) is 0 Å². The number of hydrogen-bond donors (Lipinski definition) is 0. The van der Waals surface area contributed by atoms with Gasteiger partial charge >= 0.3 is 5.97 Å². The zero-order valence-corrected chi connectivity index (χ0v) is 7.94. The lowest BCUT2D eigenvalue weighted by molar-refractivity contribution is -0.135. The van der Waals surface area contributed by atoms with Crippen LogP contribution in [0.3, 0.4) is 0 Å². The summed E-state index contributed by atoms with van der Waals surface area (Å²) in [6.07, 6.45) is 5.25. The Kier molecular flexibility index (Phi) is 2.84. The number of aryl methyl sites for hydroxylation is 1. The first-order valence-electron chi connectivity index (χ1n) is 3.88. The third-order valence-electron chi connectivity index (χ3n) is 1.62. The van der Waals surface area contributed by atoms with Gasteiger partial charge in [0, 0.05) is 24.4 Å². The first-order valence-corrected chi connectivity index (χ1v) is 3.88. The lowest BCUT2D eigenvalue weighted by Crippen LogP contribution is -2.00. The molecule has 1 rings (SSSR count). The van der Waals surface area contributed by atoms with E-state index >= 15 is 0 Å². The third-order valence-corrected chi connectivity index (χ3v) is 1.62. The predicted molar refractivity (Wildman–Crippen MR) is 48.9 cm³/mol. The van der Waals surface area contributed by atoms with Crippen LogP contribution in [0.4, 0.5) is 0 Å². The lowest BCUT2D eigenvalue weighted by atomic mass is 10.2. The van der Waals surface area contributed by atoms with Gasteiger partial charge in [0.05, 0.1) is 13.3 Å². The number of carbonyl (C=O) groups excluding carboxylic acids is 1. The summed E-state index contributed by atoms with van der Waals surface area (Å²) in [4.78, 5) is 11.0. The number of esters is 1. The van der Waals surface area contributed by atoms with Crippen molar-refractivity contribution in [1.29, 1.82) is 0 Å². The number of methoxy groups -OCH3 is 1. The van der Waals surface area contributed by atoms with Gasteiger partial charge in [-0.2, -0.15) is 5.10 Å². The Morgan fingerprint density at radius 1 is 1.69 bits per heavy atom. The number of rotatable bonds is 2. The summed E-state index contributed by atoms with van der Waals surface area (Å²) < 4.78 is 6.23. The van der Waals surface area contributed by atoms with Crippen molar-refractivity contribution in [2.45, 2.75) is 6.92 Å². The van der Waals surface area contributed by atoms with Crippen LogP contribution >= 0.6 is 0 Å². The van der Waals surface area contributed by atoms with Gasteiger partial charge in [-0.3, -0.25) is 4.68 Å². The van der Waals surface area contributed by atoms with Gasteiger partial charge in [-0.25, -0.2) is 4.79 Å². The normalized spacial score (nSPS) is 11.5. The number of aromatic nitrogens is 2. The number of ether oxygens (including phenoxy) is 1. The van der Waals surface area contributed by atoms with Crippen LogP contribution in [0, 0.1) is 0 Å². The van der Waals surface area contributed by atoms with Gasteiger partial charge < -0.3 is 4.74 Å². The predicted octanol–water partition coefficient (Wildman–Crippen LogP) is 0.996. The van der Waals surface area contributed by atoms with Crippen molar-refractivity contribution in [2.75, 3.05) is 7.11 Å². The molecule has 70 valence electrons. The van der Waals surface area contributed by atoms with Crippen molar-refractivity contribution in [3.05, 3.63) is 23.5 Å². The fourth-order valence-corrected chi connectivity index (χ4v) is 0.985. The SMILES string of the molecule is COC(=O)C(C)=Cc1cnn(C)c1. The topological polar surface area (TPSA) is 44.1 Å². The van der Waals surface area contributed by atoms with Crippen molar-refractivity contribution in [2.24, 2.45) is 7.05 Å². The van der Waals surface area contributed by atoms with E-state index in [2.05, 4.69) is 9.84 Å². The first-order chi connectivity index (χ1) is 6.13. The minimum atomic E-state index is -0.316. The maximum Gasteiger partial charge on any atom is 0.333 e. The van der Waals surface area contributed by atoms with E-state index < -0.39 is 0 Å². The molecule has 0 aliphatic heterocycles. The average Bonchev–Trinajstić information content (AvgIpc) is 2.49. The molecule has 0 fully saturated rings. The maximum absolute atomic E-state index is 11.0. The smallest absolute Gasteiger partial charge is 0.333 e. The maximum atomic E-state index is 11.0. The van der Waals surface area contributed by atoms with E-state index in [1.54, 1.807) is 23.9 Å². The van der Waals surface area contributed by atoms with Crippen molar-refractivity contribution in [1.82, 2.24) is 9.78 Å². The largest absolute Gasteiger partial charge is 0.466 e. The number of hydrogen-bond acceptors (Lipinski definition) is 3. The second-order valence-corrected chi connectivity index (χ2v) is 2.77. The molecule has 4 heteroatoms. The van der Waals surface area contributed by atoms with E-state index in [1.165, 1.54) is 7.11 Å². The molecule has 0 aliphatic carbocycles. The van der Waals surface area contributed by atoms with Gasteiger partial charge in [0.25, 0.3) is 0 Å². The second-order valence-electron chi connectivity index (χ2n) is 2.77. The Bertz CT molecular complexity index is 339. The number of carbonyl (C=O) groups is 1. The summed E-state index contributed by atoms with van der Waals surface area (Å²) in [5.41, 5.74) is 1.46. The molecule has 0 unspecified atom stereocenters. The van der Waals surface area contributed by atoms with Crippen LogP contribution in [-0.2, 0) is 16.6 Å². The van der Waals surface area contributed by atoms with Crippen LogP contribution in [0.5, 0.6) is 0 Å². The van der Waals surface area contributed by atoms with Gasteiger partial charge in [0.1, 0.15) is 0 Å². The molecule has 0 aliphatic rings. The molecule has 1 aromatic rings. The molecule has 0 atom stereocenters. The minimum absolute atomic E-state index is 0.316. The molecule has 0 bridgehead atoms. The molecule has 0 amide bonds. The molecule has 0 aromatic carbocycles. The van der Waals surface area contributed by atoms with Gasteiger partial charge in [-0.05, 0) is 13.0 Å². The molecule has 0 N–H and O–H groups in total. The van der Waals surface area contributed by atoms with E-state index in [1.807, 2.05) is 13.2 Å². The molecular formula is C9H12N2O2. The summed E-state index contributed by atoms with van der Waals surface area (Å²) >= 11 is 0. The van der Waals surface area contributed by atoms with Gasteiger partial charge in [0.2, 0.25) is 0 Å². The summed E-state index contributed by atoms with van der Waals surface area (Å²) in [7, 11) is 3.19. The van der Waals surface area contributed by atoms with E-state index in [9.17, 15) is 4.79 Å². The van der Waals surface area contributed by atoms with Crippen LogP contribution in [-0.4, -0.2) is 22.9 Å². The number of nitrogens with zero attached hydrogens (tertiary/aromatic N) is 2. The standard InChI is InChI=1S/C9H12N2O2/c1-7(9(12)13-3)4-8-5-10-11(2)6-8/h4-6H,1-3H3. The molecular weight excluding hydrogens is 168 g/mol. The fourth-order valence-electron chi connectivity index (χ4n) is 0.985. The zero-order chi connectivity index (χ0) is 9.84. The van der Waals surface area contributed by atoms with Crippen LogP contribution in [0.2, 0.25) is 0 Å². The molecule has 0 saturated carbocycles. The van der Waals surface area contributed by atoms with Gasteiger partial charge in [0.15, 0.2) is 0 Å². The summed E-state index contributed by atoms with van der Waals surface area (Å²) in [6.45, 7) is 1.71. The minimum Gasteiger partial charge on any atom is -0.466 e. The van der Waals surface area contributed by atoms with Crippen molar-refractivity contribution in [3.8, 4) is 0 Å². The van der Waals surface area contributed by atoms with E-state index in [0.717, 1.165) is 5.56 Å². The van der Waals surface area contributed by atoms with Crippen molar-refractivity contribution in [3.63, 3.8) is 0 Å². The van der Waals surface area contributed by atoms with Crippen molar-refractivity contribution >= 4 is 12.0 Å². The van der Waals surface area contributed by atoms with E-state index in [4.69, 9.17) is 0 Å². The van der Waals surface area contributed by atoms with Crippen molar-refractivity contribution < 1.29 is 9.53 Å². The quantitative estimate of drug-likeness (QED) is 0.503.